The molecule has 4 aromatic rings. The average Bonchev–Trinajstić information content (AvgIpc) is 3.37. The molecule has 3 N–H and O–H groups in total. The Morgan fingerprint density at radius 2 is 1.76 bits per heavy atom. The van der Waals surface area contributed by atoms with Crippen LogP contribution in [0.3, 0.4) is 0 Å². The number of fused-ring (bicyclic) bond motifs is 1. The highest BCUT2D eigenvalue weighted by atomic mass is 19.4. The van der Waals surface area contributed by atoms with Crippen LogP contribution in [0.25, 0.3) is 11.0 Å². The summed E-state index contributed by atoms with van der Waals surface area (Å²) in [5.74, 6) is -0.983. The fraction of sp³-hybridized carbons (Fsp3) is 0.259. The number of nitrogens with one attached hydrogen (secondary N) is 3. The zero-order valence-corrected chi connectivity index (χ0v) is 21.2. The van der Waals surface area contributed by atoms with Crippen molar-refractivity contribution < 1.29 is 32.2 Å². The van der Waals surface area contributed by atoms with Gasteiger partial charge in [-0.1, -0.05) is 0 Å². The molecule has 11 nitrogen and oxygen atoms in total. The van der Waals surface area contributed by atoms with E-state index in [0.717, 1.165) is 0 Å². The zero-order chi connectivity index (χ0) is 29.0. The first-order valence-electron chi connectivity index (χ1n) is 12.5. The highest BCUT2D eigenvalue weighted by molar-refractivity contribution is 6.03. The molecule has 0 aliphatic heterocycles. The first-order chi connectivity index (χ1) is 19.7. The van der Waals surface area contributed by atoms with Crippen LogP contribution in [0.2, 0.25) is 0 Å². The van der Waals surface area contributed by atoms with Crippen LogP contribution in [0.4, 0.5) is 24.8 Å². The highest BCUT2D eigenvalue weighted by Crippen LogP contribution is 2.35. The number of esters is 1. The smallest absolute Gasteiger partial charge is 0.456 e. The molecule has 41 heavy (non-hydrogen) atoms. The molecule has 0 atom stereocenters. The minimum absolute atomic E-state index is 0.114. The van der Waals surface area contributed by atoms with Crippen LogP contribution >= 0.6 is 0 Å². The van der Waals surface area contributed by atoms with E-state index in [1.54, 1.807) is 36.5 Å². The van der Waals surface area contributed by atoms with Gasteiger partial charge in [0.15, 0.2) is 11.5 Å². The van der Waals surface area contributed by atoms with Crippen molar-refractivity contribution in [2.24, 2.45) is 0 Å². The van der Waals surface area contributed by atoms with Crippen LogP contribution in [0.15, 0.2) is 54.9 Å². The van der Waals surface area contributed by atoms with Gasteiger partial charge in [0.25, 0.3) is 5.91 Å². The predicted octanol–water partition coefficient (Wildman–Crippen LogP) is 5.10. The minimum Gasteiger partial charge on any atom is -0.456 e. The third-order valence-corrected chi connectivity index (χ3v) is 6.42. The lowest BCUT2D eigenvalue weighted by atomic mass is 9.93. The van der Waals surface area contributed by atoms with Crippen LogP contribution in [0, 0.1) is 11.3 Å². The fourth-order valence-corrected chi connectivity index (χ4v) is 4.41. The van der Waals surface area contributed by atoms with Crippen LogP contribution in [-0.2, 0) is 9.53 Å². The zero-order valence-electron chi connectivity index (χ0n) is 21.2. The van der Waals surface area contributed by atoms with Gasteiger partial charge in [0.2, 0.25) is 0 Å². The van der Waals surface area contributed by atoms with E-state index in [1.165, 1.54) is 18.3 Å². The van der Waals surface area contributed by atoms with Crippen molar-refractivity contribution in [3.63, 3.8) is 0 Å². The number of carbonyl (C=O) groups excluding carboxylic acids is 2. The summed E-state index contributed by atoms with van der Waals surface area (Å²) in [4.78, 5) is 32.0. The number of hydrogen-bond acceptors (Lipinski definition) is 9. The Kier molecular flexibility index (Phi) is 7.68. The lowest BCUT2D eigenvalue weighted by Crippen LogP contribution is -2.35. The van der Waals surface area contributed by atoms with E-state index in [2.05, 4.69) is 35.5 Å². The molecule has 1 aliphatic carbocycles. The molecule has 0 saturated heterocycles. The standard InChI is InChI=1S/C27H22F3N7O4/c28-27(29,30)26(39)41-19-7-3-17(4-8-19)34-24-22-20(10-12-33-23(22)36-37-24)40-18-5-1-16(2-6-18)25(38)35-21-13-15(14-31)9-11-32-21/h1-2,5-6,9-13,17,19H,3-4,7-8H2,(H,32,35,38)(H2,33,34,36,37). The van der Waals surface area contributed by atoms with E-state index < -0.39 is 24.2 Å². The lowest BCUT2D eigenvalue weighted by molar-refractivity contribution is -0.206. The van der Waals surface area contributed by atoms with Crippen molar-refractivity contribution in [3.05, 3.63) is 66.0 Å². The molecule has 1 aromatic carbocycles. The molecule has 0 spiro atoms. The summed E-state index contributed by atoms with van der Waals surface area (Å²) >= 11 is 0. The van der Waals surface area contributed by atoms with Crippen molar-refractivity contribution in [3.8, 4) is 17.6 Å². The summed E-state index contributed by atoms with van der Waals surface area (Å²) < 4.78 is 48.1. The second-order valence-electron chi connectivity index (χ2n) is 9.25. The SMILES string of the molecule is N#Cc1ccnc(NC(=O)c2ccc(Oc3ccnc4[nH]nc(NC5CCC(OC(=O)C(F)(F)F)CC5)c34)cc2)c1. The Labute approximate surface area is 230 Å². The highest BCUT2D eigenvalue weighted by Gasteiger charge is 2.42. The number of hydrogen-bond donors (Lipinski definition) is 3. The van der Waals surface area contributed by atoms with Crippen molar-refractivity contribution >= 4 is 34.5 Å². The molecular weight excluding hydrogens is 543 g/mol. The van der Waals surface area contributed by atoms with Gasteiger partial charge in [-0.05, 0) is 62.1 Å². The number of halogens is 3. The molecule has 14 heteroatoms. The molecule has 1 aliphatic rings. The largest absolute Gasteiger partial charge is 0.490 e. The van der Waals surface area contributed by atoms with E-state index in [1.807, 2.05) is 6.07 Å². The molecule has 0 unspecified atom stereocenters. The Morgan fingerprint density at radius 3 is 2.46 bits per heavy atom. The van der Waals surface area contributed by atoms with Gasteiger partial charge >= 0.3 is 12.1 Å². The van der Waals surface area contributed by atoms with Crippen LogP contribution < -0.4 is 15.4 Å². The number of aromatic nitrogens is 4. The van der Waals surface area contributed by atoms with E-state index in [-0.39, 0.29) is 24.7 Å². The van der Waals surface area contributed by atoms with E-state index in [4.69, 9.17) is 10.00 Å². The van der Waals surface area contributed by atoms with Crippen LogP contribution in [0.1, 0.15) is 41.6 Å². The molecule has 1 saturated carbocycles. The Balaban J connectivity index is 1.23. The number of nitrogens with zero attached hydrogens (tertiary/aromatic N) is 4. The van der Waals surface area contributed by atoms with E-state index >= 15 is 0 Å². The first-order valence-corrected chi connectivity index (χ1v) is 12.5. The quantitative estimate of drug-likeness (QED) is 0.260. The summed E-state index contributed by atoms with van der Waals surface area (Å²) in [6.45, 7) is 0. The van der Waals surface area contributed by atoms with E-state index in [9.17, 15) is 22.8 Å². The van der Waals surface area contributed by atoms with Crippen LogP contribution in [-0.4, -0.2) is 50.4 Å². The number of anilines is 2. The van der Waals surface area contributed by atoms with Crippen molar-refractivity contribution in [1.29, 1.82) is 5.26 Å². The maximum Gasteiger partial charge on any atom is 0.490 e. The third kappa shape index (κ3) is 6.52. The predicted molar refractivity (Wildman–Crippen MR) is 139 cm³/mol. The summed E-state index contributed by atoms with van der Waals surface area (Å²) in [5.41, 5.74) is 1.18. The molecule has 5 rings (SSSR count). The van der Waals surface area contributed by atoms with E-state index in [0.29, 0.717) is 52.3 Å². The van der Waals surface area contributed by atoms with Crippen molar-refractivity contribution in [1.82, 2.24) is 20.2 Å². The molecule has 1 fully saturated rings. The summed E-state index contributed by atoms with van der Waals surface area (Å²) in [5, 5.41) is 22.6. The number of alkyl halides is 3. The number of benzene rings is 1. The molecule has 3 aromatic heterocycles. The van der Waals surface area contributed by atoms with Gasteiger partial charge in [-0.15, -0.1) is 0 Å². The van der Waals surface area contributed by atoms with Crippen LogP contribution in [0.5, 0.6) is 11.5 Å². The normalized spacial score (nSPS) is 16.9. The fourth-order valence-electron chi connectivity index (χ4n) is 4.41. The topological polar surface area (TPSA) is 155 Å². The van der Waals surface area contributed by atoms with Crippen molar-refractivity contribution in [2.75, 3.05) is 10.6 Å². The van der Waals surface area contributed by atoms with Gasteiger partial charge in [-0.2, -0.15) is 23.5 Å². The number of pyridine rings is 2. The van der Waals surface area contributed by atoms with Gasteiger partial charge in [-0.25, -0.2) is 14.8 Å². The first kappa shape index (κ1) is 27.4. The van der Waals surface area contributed by atoms with Gasteiger partial charge in [-0.3, -0.25) is 9.89 Å². The van der Waals surface area contributed by atoms with Crippen molar-refractivity contribution in [2.45, 2.75) is 44.0 Å². The number of nitriles is 1. The Bertz CT molecular complexity index is 1610. The number of H-pyrrole nitrogens is 1. The molecular formula is C27H22F3N7O4. The minimum atomic E-state index is -5.01. The second kappa shape index (κ2) is 11.5. The summed E-state index contributed by atoms with van der Waals surface area (Å²) in [6.07, 6.45) is -1.32. The maximum absolute atomic E-state index is 12.6. The van der Waals surface area contributed by atoms with Gasteiger partial charge < -0.3 is 20.1 Å². The molecule has 0 radical (unpaired) electrons. The van der Waals surface area contributed by atoms with Gasteiger partial charge in [0, 0.05) is 30.1 Å². The number of aromatic amines is 1. The summed E-state index contributed by atoms with van der Waals surface area (Å²) in [6, 6.07) is 12.9. The molecule has 3 heterocycles. The number of amides is 1. The number of rotatable bonds is 7. The number of ether oxygens (including phenoxy) is 2. The summed E-state index contributed by atoms with van der Waals surface area (Å²) in [7, 11) is 0. The molecule has 1 amide bonds. The van der Waals surface area contributed by atoms with Gasteiger partial charge in [0.1, 0.15) is 28.8 Å². The van der Waals surface area contributed by atoms with Gasteiger partial charge in [0.05, 0.1) is 11.6 Å². The maximum atomic E-state index is 12.6. The Morgan fingerprint density at radius 1 is 1.02 bits per heavy atom. The molecule has 210 valence electrons. The monoisotopic (exact) mass is 565 g/mol. The average molecular weight is 566 g/mol. The number of carbonyl (C=O) groups is 2. The third-order valence-electron chi connectivity index (χ3n) is 6.42. The second-order valence-corrected chi connectivity index (χ2v) is 9.25. The lowest BCUT2D eigenvalue weighted by Gasteiger charge is -2.29. The molecule has 0 bridgehead atoms. The Hall–Kier alpha value is -5.19.